The Bertz CT molecular complexity index is 1550. The van der Waals surface area contributed by atoms with E-state index in [1.54, 1.807) is 11.8 Å². The maximum Gasteiger partial charge on any atom is 0.325 e. The van der Waals surface area contributed by atoms with Gasteiger partial charge < -0.3 is 24.8 Å². The van der Waals surface area contributed by atoms with Crippen molar-refractivity contribution < 1.29 is 23.9 Å². The average molecular weight is 667 g/mol. The zero-order valence-corrected chi connectivity index (χ0v) is 28.3. The Kier molecular flexibility index (Phi) is 11.2. The van der Waals surface area contributed by atoms with Crippen LogP contribution in [0.2, 0.25) is 0 Å². The molecule has 49 heavy (non-hydrogen) atoms. The van der Waals surface area contributed by atoms with Gasteiger partial charge in [-0.05, 0) is 51.3 Å². The van der Waals surface area contributed by atoms with Crippen molar-refractivity contribution in [2.45, 2.75) is 38.6 Å². The normalized spacial score (nSPS) is 19.0. The number of rotatable bonds is 8. The zero-order valence-electron chi connectivity index (χ0n) is 28.3. The number of likely N-dealkylation sites (tertiary alicyclic amines) is 2. The van der Waals surface area contributed by atoms with Crippen molar-refractivity contribution in [1.29, 1.82) is 0 Å². The third kappa shape index (κ3) is 8.45. The van der Waals surface area contributed by atoms with Crippen molar-refractivity contribution in [1.82, 2.24) is 29.9 Å². The molecule has 11 nitrogen and oxygen atoms in total. The fraction of sp³-hybridized carbons (Fsp3) is 0.447. The molecule has 11 heteroatoms. The maximum atomic E-state index is 13.9. The SMILES string of the molecule is CCOC(=O)CNC(=O)N1CCN(C(=O)[C@@H]2CCCN(C3CCN(C(=O)c4cc(-c5ccccc5)nc(-c5ccccc5)c4)CC3)C2)CC1. The Morgan fingerprint density at radius 3 is 1.94 bits per heavy atom. The molecule has 4 amide bonds. The summed E-state index contributed by atoms with van der Waals surface area (Å²) >= 11 is 0. The van der Waals surface area contributed by atoms with E-state index in [4.69, 9.17) is 9.72 Å². The summed E-state index contributed by atoms with van der Waals surface area (Å²) in [6, 6.07) is 23.8. The predicted octanol–water partition coefficient (Wildman–Crippen LogP) is 4.15. The molecule has 3 fully saturated rings. The van der Waals surface area contributed by atoms with Crippen molar-refractivity contribution in [3.8, 4) is 22.5 Å². The summed E-state index contributed by atoms with van der Waals surface area (Å²) in [6.45, 7) is 6.68. The van der Waals surface area contributed by atoms with Gasteiger partial charge in [0.15, 0.2) is 0 Å². The number of nitrogens with one attached hydrogen (secondary N) is 1. The van der Waals surface area contributed by atoms with Crippen LogP contribution in [0.4, 0.5) is 4.79 Å². The van der Waals surface area contributed by atoms with E-state index >= 15 is 0 Å². The van der Waals surface area contributed by atoms with E-state index < -0.39 is 5.97 Å². The van der Waals surface area contributed by atoms with Gasteiger partial charge >= 0.3 is 12.0 Å². The fourth-order valence-electron chi connectivity index (χ4n) is 7.18. The number of hydrogen-bond acceptors (Lipinski definition) is 7. The molecule has 1 atom stereocenters. The van der Waals surface area contributed by atoms with Gasteiger partial charge in [-0.3, -0.25) is 19.3 Å². The number of benzene rings is 2. The number of ether oxygens (including phenoxy) is 1. The fourth-order valence-corrected chi connectivity index (χ4v) is 7.18. The number of aromatic nitrogens is 1. The topological polar surface area (TPSA) is 115 Å². The van der Waals surface area contributed by atoms with Crippen LogP contribution in [0.3, 0.4) is 0 Å². The van der Waals surface area contributed by atoms with E-state index in [2.05, 4.69) is 10.2 Å². The van der Waals surface area contributed by atoms with Gasteiger partial charge in [0.25, 0.3) is 5.91 Å². The number of esters is 1. The Labute approximate surface area is 288 Å². The highest BCUT2D eigenvalue weighted by atomic mass is 16.5. The quantitative estimate of drug-likeness (QED) is 0.360. The number of pyridine rings is 1. The van der Waals surface area contributed by atoms with E-state index in [0.717, 1.165) is 61.3 Å². The third-order valence-electron chi connectivity index (χ3n) is 9.85. The lowest BCUT2D eigenvalue weighted by atomic mass is 9.92. The number of urea groups is 1. The molecule has 1 N–H and O–H groups in total. The first-order valence-electron chi connectivity index (χ1n) is 17.5. The molecular formula is C38H46N6O5. The molecule has 1 aromatic heterocycles. The summed E-state index contributed by atoms with van der Waals surface area (Å²) in [5.74, 6) is -0.352. The van der Waals surface area contributed by atoms with Crippen molar-refractivity contribution >= 4 is 23.8 Å². The standard InChI is InChI=1S/C38H46N6O5/c1-2-49-35(45)26-39-38(48)43-22-20-42(21-23-43)36(46)30-14-9-17-44(27-30)32-15-18-41(19-16-32)37(47)31-24-33(28-10-5-3-6-11-28)40-34(25-31)29-12-7-4-8-13-29/h3-8,10-13,24-25,30,32H,2,9,14-23,26-27H2,1H3,(H,39,48)/t30-/m1/s1. The Morgan fingerprint density at radius 1 is 0.755 bits per heavy atom. The van der Waals surface area contributed by atoms with Crippen molar-refractivity contribution in [2.75, 3.05) is 65.5 Å². The predicted molar refractivity (Wildman–Crippen MR) is 187 cm³/mol. The Balaban J connectivity index is 1.02. The molecule has 3 saturated heterocycles. The molecule has 6 rings (SSSR count). The highest BCUT2D eigenvalue weighted by molar-refractivity contribution is 5.96. The van der Waals surface area contributed by atoms with Crippen LogP contribution in [0.25, 0.3) is 22.5 Å². The van der Waals surface area contributed by atoms with Crippen LogP contribution in [-0.4, -0.2) is 120 Å². The first-order chi connectivity index (χ1) is 23.9. The molecule has 0 aliphatic carbocycles. The largest absolute Gasteiger partial charge is 0.465 e. The van der Waals surface area contributed by atoms with Crippen LogP contribution in [0, 0.1) is 5.92 Å². The van der Waals surface area contributed by atoms with Crippen molar-refractivity contribution in [3.05, 3.63) is 78.4 Å². The van der Waals surface area contributed by atoms with E-state index in [-0.39, 0.29) is 36.9 Å². The van der Waals surface area contributed by atoms with Gasteiger partial charge in [-0.1, -0.05) is 60.7 Å². The summed E-state index contributed by atoms with van der Waals surface area (Å²) in [7, 11) is 0. The van der Waals surface area contributed by atoms with Crippen LogP contribution in [0.15, 0.2) is 72.8 Å². The molecule has 3 aromatic rings. The minimum atomic E-state index is -0.465. The molecule has 0 radical (unpaired) electrons. The third-order valence-corrected chi connectivity index (χ3v) is 9.85. The first-order valence-corrected chi connectivity index (χ1v) is 17.5. The van der Waals surface area contributed by atoms with Crippen LogP contribution in [-0.2, 0) is 14.3 Å². The first kappa shape index (κ1) is 34.1. The number of nitrogens with zero attached hydrogens (tertiary/aromatic N) is 5. The number of hydrogen-bond donors (Lipinski definition) is 1. The summed E-state index contributed by atoms with van der Waals surface area (Å²) in [5, 5.41) is 2.60. The molecule has 0 saturated carbocycles. The molecule has 3 aliphatic heterocycles. The number of amides is 4. The molecule has 4 heterocycles. The van der Waals surface area contributed by atoms with E-state index in [0.29, 0.717) is 50.9 Å². The van der Waals surface area contributed by atoms with Gasteiger partial charge in [-0.25, -0.2) is 9.78 Å². The van der Waals surface area contributed by atoms with Gasteiger partial charge in [-0.2, -0.15) is 0 Å². The number of carbonyl (C=O) groups excluding carboxylic acids is 4. The van der Waals surface area contributed by atoms with Crippen LogP contribution < -0.4 is 5.32 Å². The lowest BCUT2D eigenvalue weighted by Gasteiger charge is -2.43. The van der Waals surface area contributed by atoms with Crippen LogP contribution >= 0.6 is 0 Å². The lowest BCUT2D eigenvalue weighted by molar-refractivity contribution is -0.141. The molecule has 0 unspecified atom stereocenters. The lowest BCUT2D eigenvalue weighted by Crippen LogP contribution is -2.56. The second-order valence-electron chi connectivity index (χ2n) is 13.0. The van der Waals surface area contributed by atoms with Crippen LogP contribution in [0.1, 0.15) is 43.0 Å². The smallest absolute Gasteiger partial charge is 0.325 e. The summed E-state index contributed by atoms with van der Waals surface area (Å²) in [5.41, 5.74) is 4.15. The maximum absolute atomic E-state index is 13.9. The van der Waals surface area contributed by atoms with Gasteiger partial charge in [0.2, 0.25) is 5.91 Å². The molecular weight excluding hydrogens is 620 g/mol. The highest BCUT2D eigenvalue weighted by Crippen LogP contribution is 2.29. The van der Waals surface area contributed by atoms with E-state index in [1.807, 2.05) is 82.6 Å². The molecule has 0 spiro atoms. The number of piperazine rings is 1. The number of carbonyl (C=O) groups is 4. The summed E-state index contributed by atoms with van der Waals surface area (Å²) in [6.07, 6.45) is 3.57. The molecule has 3 aliphatic rings. The second-order valence-corrected chi connectivity index (χ2v) is 13.0. The van der Waals surface area contributed by atoms with E-state index in [9.17, 15) is 19.2 Å². The second kappa shape index (κ2) is 16.1. The van der Waals surface area contributed by atoms with Gasteiger partial charge in [0.05, 0.1) is 23.9 Å². The minimum Gasteiger partial charge on any atom is -0.465 e. The monoisotopic (exact) mass is 666 g/mol. The average Bonchev–Trinajstić information content (AvgIpc) is 3.17. The van der Waals surface area contributed by atoms with Crippen molar-refractivity contribution in [3.63, 3.8) is 0 Å². The van der Waals surface area contributed by atoms with Crippen LogP contribution in [0.5, 0.6) is 0 Å². The zero-order chi connectivity index (χ0) is 34.2. The van der Waals surface area contributed by atoms with Gasteiger partial charge in [0.1, 0.15) is 6.54 Å². The van der Waals surface area contributed by atoms with Gasteiger partial charge in [-0.15, -0.1) is 0 Å². The summed E-state index contributed by atoms with van der Waals surface area (Å²) in [4.78, 5) is 64.4. The molecule has 0 bridgehead atoms. The highest BCUT2D eigenvalue weighted by Gasteiger charge is 2.35. The summed E-state index contributed by atoms with van der Waals surface area (Å²) < 4.78 is 4.87. The molecule has 2 aromatic carbocycles. The van der Waals surface area contributed by atoms with Crippen molar-refractivity contribution in [2.24, 2.45) is 5.92 Å². The Hall–Kier alpha value is -4.77. The minimum absolute atomic E-state index is 0.0237. The Morgan fingerprint density at radius 2 is 1.35 bits per heavy atom. The van der Waals surface area contributed by atoms with Gasteiger partial charge in [0, 0.05) is 68.5 Å². The number of piperidine rings is 2. The molecule has 258 valence electrons. The van der Waals surface area contributed by atoms with E-state index in [1.165, 1.54) is 0 Å².